The van der Waals surface area contributed by atoms with Crippen LogP contribution in [-0.4, -0.2) is 33.5 Å². The lowest BCUT2D eigenvalue weighted by Gasteiger charge is -2.26. The fourth-order valence-corrected chi connectivity index (χ4v) is 4.48. The quantitative estimate of drug-likeness (QED) is 0.345. The van der Waals surface area contributed by atoms with Crippen molar-refractivity contribution in [3.05, 3.63) is 79.0 Å². The van der Waals surface area contributed by atoms with Gasteiger partial charge in [-0.15, -0.1) is 0 Å². The van der Waals surface area contributed by atoms with Gasteiger partial charge in [0, 0.05) is 47.6 Å². The number of rotatable bonds is 7. The van der Waals surface area contributed by atoms with Crippen LogP contribution in [0.15, 0.2) is 73.2 Å². The SMILES string of the molecule is CCC(=O)Nc1cccc(Oc2cc(-c3c(-c4ccccc4F)ncn3C3CCNCC3)ccn2)c1. The number of carbonyl (C=O) groups is 1. The minimum absolute atomic E-state index is 0.0703. The molecule has 5 rings (SSSR count). The van der Waals surface area contributed by atoms with E-state index in [1.54, 1.807) is 37.4 Å². The summed E-state index contributed by atoms with van der Waals surface area (Å²) in [6, 6.07) is 17.9. The van der Waals surface area contributed by atoms with Crippen LogP contribution in [0.5, 0.6) is 11.6 Å². The van der Waals surface area contributed by atoms with Crippen LogP contribution in [-0.2, 0) is 4.79 Å². The minimum Gasteiger partial charge on any atom is -0.439 e. The van der Waals surface area contributed by atoms with Crippen molar-refractivity contribution in [2.75, 3.05) is 18.4 Å². The van der Waals surface area contributed by atoms with Gasteiger partial charge in [0.1, 0.15) is 11.6 Å². The minimum atomic E-state index is -0.314. The highest BCUT2D eigenvalue weighted by atomic mass is 19.1. The number of aromatic nitrogens is 3. The number of anilines is 1. The molecule has 1 fully saturated rings. The second-order valence-corrected chi connectivity index (χ2v) is 8.72. The number of ether oxygens (including phenoxy) is 1. The van der Waals surface area contributed by atoms with Crippen molar-refractivity contribution < 1.29 is 13.9 Å². The number of imidazole rings is 1. The van der Waals surface area contributed by atoms with Crippen LogP contribution in [0.1, 0.15) is 32.2 Å². The van der Waals surface area contributed by atoms with Crippen LogP contribution in [0.2, 0.25) is 0 Å². The van der Waals surface area contributed by atoms with Gasteiger partial charge in [-0.2, -0.15) is 0 Å². The Labute approximate surface area is 209 Å². The molecule has 2 aromatic carbocycles. The summed E-state index contributed by atoms with van der Waals surface area (Å²) in [4.78, 5) is 20.8. The monoisotopic (exact) mass is 485 g/mol. The van der Waals surface area contributed by atoms with E-state index in [4.69, 9.17) is 4.74 Å². The zero-order valence-corrected chi connectivity index (χ0v) is 20.1. The topological polar surface area (TPSA) is 81.1 Å². The van der Waals surface area contributed by atoms with Crippen molar-refractivity contribution >= 4 is 11.6 Å². The third-order valence-electron chi connectivity index (χ3n) is 6.29. The maximum Gasteiger partial charge on any atom is 0.224 e. The van der Waals surface area contributed by atoms with E-state index < -0.39 is 0 Å². The van der Waals surface area contributed by atoms with Gasteiger partial charge in [0.25, 0.3) is 0 Å². The Morgan fingerprint density at radius 1 is 1.11 bits per heavy atom. The average Bonchev–Trinajstić information content (AvgIpc) is 3.35. The summed E-state index contributed by atoms with van der Waals surface area (Å²) in [5.41, 5.74) is 3.38. The van der Waals surface area contributed by atoms with Gasteiger partial charge in [0.15, 0.2) is 0 Å². The van der Waals surface area contributed by atoms with Gasteiger partial charge in [0.2, 0.25) is 11.8 Å². The molecule has 1 amide bonds. The van der Waals surface area contributed by atoms with Gasteiger partial charge in [-0.25, -0.2) is 14.4 Å². The Morgan fingerprint density at radius 3 is 2.75 bits per heavy atom. The van der Waals surface area contributed by atoms with E-state index in [0.29, 0.717) is 35.0 Å². The number of nitrogens with zero attached hydrogens (tertiary/aromatic N) is 3. The van der Waals surface area contributed by atoms with Gasteiger partial charge in [-0.1, -0.05) is 25.1 Å². The number of benzene rings is 2. The molecule has 2 aromatic heterocycles. The molecule has 4 aromatic rings. The number of nitrogens with one attached hydrogen (secondary N) is 2. The second kappa shape index (κ2) is 10.7. The first-order valence-electron chi connectivity index (χ1n) is 12.2. The molecule has 184 valence electrons. The van der Waals surface area contributed by atoms with Crippen LogP contribution in [0.3, 0.4) is 0 Å². The Bertz CT molecular complexity index is 1360. The van der Waals surface area contributed by atoms with Crippen molar-refractivity contribution in [3.63, 3.8) is 0 Å². The van der Waals surface area contributed by atoms with E-state index >= 15 is 0 Å². The zero-order valence-electron chi connectivity index (χ0n) is 20.1. The molecule has 1 aliphatic rings. The highest BCUT2D eigenvalue weighted by Gasteiger charge is 2.24. The number of carbonyl (C=O) groups excluding carboxylic acids is 1. The standard InChI is InChI=1S/C28H28FN5O2/c1-2-25(35)33-20-6-5-7-22(17-20)36-26-16-19(10-15-31-26)28-27(23-8-3-4-9-24(23)29)32-18-34(28)21-11-13-30-14-12-21/h3-10,15-18,21,30H,2,11-14H2,1H3,(H,33,35). The van der Waals surface area contributed by atoms with E-state index in [9.17, 15) is 9.18 Å². The summed E-state index contributed by atoms with van der Waals surface area (Å²) in [6.45, 7) is 3.65. The molecule has 0 atom stereocenters. The van der Waals surface area contributed by atoms with Gasteiger partial charge in [-0.3, -0.25) is 4.79 Å². The summed E-state index contributed by atoms with van der Waals surface area (Å²) in [5.74, 6) is 0.559. The summed E-state index contributed by atoms with van der Waals surface area (Å²) in [5, 5.41) is 6.23. The Hall–Kier alpha value is -4.04. The number of halogens is 1. The number of piperidine rings is 1. The maximum absolute atomic E-state index is 14.8. The molecule has 0 bridgehead atoms. The largest absolute Gasteiger partial charge is 0.439 e. The van der Waals surface area contributed by atoms with E-state index in [1.807, 2.05) is 36.7 Å². The molecule has 36 heavy (non-hydrogen) atoms. The molecular formula is C28H28FN5O2. The maximum atomic E-state index is 14.8. The fraction of sp³-hybridized carbons (Fsp3) is 0.250. The molecule has 0 aliphatic carbocycles. The predicted octanol–water partition coefficient (Wildman–Crippen LogP) is 5.82. The summed E-state index contributed by atoms with van der Waals surface area (Å²) >= 11 is 0. The molecule has 0 unspecified atom stereocenters. The number of hydrogen-bond donors (Lipinski definition) is 2. The number of hydrogen-bond acceptors (Lipinski definition) is 5. The molecule has 7 nitrogen and oxygen atoms in total. The van der Waals surface area contributed by atoms with Crippen LogP contribution in [0, 0.1) is 5.82 Å². The molecule has 1 saturated heterocycles. The molecular weight excluding hydrogens is 457 g/mol. The second-order valence-electron chi connectivity index (χ2n) is 8.72. The average molecular weight is 486 g/mol. The Balaban J connectivity index is 1.52. The molecule has 1 aliphatic heterocycles. The van der Waals surface area contributed by atoms with Gasteiger partial charge >= 0.3 is 0 Å². The highest BCUT2D eigenvalue weighted by molar-refractivity contribution is 5.90. The normalized spacial score (nSPS) is 13.9. The molecule has 3 heterocycles. The van der Waals surface area contributed by atoms with E-state index in [2.05, 4.69) is 25.2 Å². The van der Waals surface area contributed by atoms with Crippen LogP contribution < -0.4 is 15.4 Å². The van der Waals surface area contributed by atoms with Crippen molar-refractivity contribution in [2.24, 2.45) is 0 Å². The fourth-order valence-electron chi connectivity index (χ4n) is 4.48. The summed E-state index contributed by atoms with van der Waals surface area (Å²) in [6.07, 6.45) is 5.81. The lowest BCUT2D eigenvalue weighted by Crippen LogP contribution is -2.29. The molecule has 0 spiro atoms. The lowest BCUT2D eigenvalue weighted by atomic mass is 10.0. The van der Waals surface area contributed by atoms with E-state index in [-0.39, 0.29) is 17.8 Å². The highest BCUT2D eigenvalue weighted by Crippen LogP contribution is 2.37. The number of amides is 1. The van der Waals surface area contributed by atoms with Crippen molar-refractivity contribution in [1.82, 2.24) is 19.9 Å². The lowest BCUT2D eigenvalue weighted by molar-refractivity contribution is -0.115. The third kappa shape index (κ3) is 5.13. The van der Waals surface area contributed by atoms with Crippen molar-refractivity contribution in [3.8, 4) is 34.1 Å². The Morgan fingerprint density at radius 2 is 1.94 bits per heavy atom. The smallest absolute Gasteiger partial charge is 0.224 e. The predicted molar refractivity (Wildman–Crippen MR) is 137 cm³/mol. The van der Waals surface area contributed by atoms with Gasteiger partial charge < -0.3 is 19.9 Å². The molecule has 2 N–H and O–H groups in total. The molecule has 0 radical (unpaired) electrons. The zero-order chi connectivity index (χ0) is 24.9. The van der Waals surface area contributed by atoms with Crippen molar-refractivity contribution in [2.45, 2.75) is 32.2 Å². The van der Waals surface area contributed by atoms with E-state index in [1.165, 1.54) is 6.07 Å². The Kier molecular flexibility index (Phi) is 7.04. The van der Waals surface area contributed by atoms with Gasteiger partial charge in [-0.05, 0) is 56.3 Å². The molecule has 0 saturated carbocycles. The van der Waals surface area contributed by atoms with Crippen molar-refractivity contribution in [1.29, 1.82) is 0 Å². The number of pyridine rings is 1. The first kappa shape index (κ1) is 23.7. The van der Waals surface area contributed by atoms with Crippen LogP contribution >= 0.6 is 0 Å². The first-order valence-corrected chi connectivity index (χ1v) is 12.2. The van der Waals surface area contributed by atoms with Crippen LogP contribution in [0.4, 0.5) is 10.1 Å². The van der Waals surface area contributed by atoms with Gasteiger partial charge in [0.05, 0.1) is 17.7 Å². The van der Waals surface area contributed by atoms with E-state index in [0.717, 1.165) is 37.2 Å². The molecule has 8 heteroatoms. The van der Waals surface area contributed by atoms with Crippen LogP contribution in [0.25, 0.3) is 22.5 Å². The summed E-state index contributed by atoms with van der Waals surface area (Å²) < 4.78 is 23.0. The summed E-state index contributed by atoms with van der Waals surface area (Å²) in [7, 11) is 0. The third-order valence-corrected chi connectivity index (χ3v) is 6.29. The first-order chi connectivity index (χ1) is 17.6.